The molecule has 0 spiro atoms. The van der Waals surface area contributed by atoms with E-state index < -0.39 is 18.6 Å². The number of alkyl halides is 3. The lowest BCUT2D eigenvalue weighted by Crippen LogP contribution is -2.13. The summed E-state index contributed by atoms with van der Waals surface area (Å²) in [5, 5.41) is 0. The van der Waals surface area contributed by atoms with Crippen LogP contribution in [0.4, 0.5) is 13.2 Å². The Morgan fingerprint density at radius 3 is 2.50 bits per heavy atom. The van der Waals surface area contributed by atoms with E-state index in [2.05, 4.69) is 4.74 Å². The number of hydrogen-bond donors (Lipinski definition) is 0. The van der Waals surface area contributed by atoms with Crippen molar-refractivity contribution in [1.29, 1.82) is 0 Å². The maximum absolute atomic E-state index is 12.3. The molecule has 18 heavy (non-hydrogen) atoms. The van der Waals surface area contributed by atoms with Gasteiger partial charge in [0.25, 0.3) is 0 Å². The number of esters is 1. The van der Waals surface area contributed by atoms with Gasteiger partial charge in [-0.1, -0.05) is 6.07 Å². The highest BCUT2D eigenvalue weighted by Crippen LogP contribution is 2.28. The van der Waals surface area contributed by atoms with Crippen LogP contribution in [0.2, 0.25) is 0 Å². The Balaban J connectivity index is 3.08. The summed E-state index contributed by atoms with van der Waals surface area (Å²) in [6.45, 7) is 1.87. The summed E-state index contributed by atoms with van der Waals surface area (Å²) in [5.41, 5.74) is 0.156. The Morgan fingerprint density at radius 2 is 2.00 bits per heavy atom. The van der Waals surface area contributed by atoms with E-state index in [1.54, 1.807) is 6.92 Å². The molecule has 1 aromatic rings. The van der Waals surface area contributed by atoms with E-state index in [0.717, 1.165) is 0 Å². The second-order valence-corrected chi connectivity index (χ2v) is 3.54. The standard InChI is InChI=1S/C12H13F3O3/c1-3-18-10-6-8(11(16)17-2)4-5-9(10)7-12(13,14)15/h4-6H,3,7H2,1-2H3. The molecule has 0 radical (unpaired) electrons. The lowest BCUT2D eigenvalue weighted by molar-refractivity contribution is -0.127. The Bertz CT molecular complexity index is 427. The van der Waals surface area contributed by atoms with Gasteiger partial charge in [-0.25, -0.2) is 4.79 Å². The van der Waals surface area contributed by atoms with Crippen molar-refractivity contribution < 1.29 is 27.4 Å². The van der Waals surface area contributed by atoms with Crippen LogP contribution in [0, 0.1) is 0 Å². The van der Waals surface area contributed by atoms with Gasteiger partial charge in [-0.05, 0) is 19.1 Å². The van der Waals surface area contributed by atoms with Gasteiger partial charge in [0.05, 0.1) is 25.7 Å². The molecule has 3 nitrogen and oxygen atoms in total. The molecule has 100 valence electrons. The first-order valence-electron chi connectivity index (χ1n) is 5.28. The van der Waals surface area contributed by atoms with E-state index in [-0.39, 0.29) is 23.5 Å². The smallest absolute Gasteiger partial charge is 0.393 e. The number of carbonyl (C=O) groups excluding carboxylic acids is 1. The average molecular weight is 262 g/mol. The molecule has 0 aliphatic heterocycles. The fourth-order valence-corrected chi connectivity index (χ4v) is 1.45. The minimum absolute atomic E-state index is 0.00277. The molecule has 0 heterocycles. The van der Waals surface area contributed by atoms with Crippen molar-refractivity contribution in [3.63, 3.8) is 0 Å². The Labute approximate surface area is 103 Å². The highest BCUT2D eigenvalue weighted by atomic mass is 19.4. The zero-order valence-electron chi connectivity index (χ0n) is 10.0. The normalized spacial score (nSPS) is 11.2. The van der Waals surface area contributed by atoms with Crippen molar-refractivity contribution in [2.75, 3.05) is 13.7 Å². The summed E-state index contributed by atoms with van der Waals surface area (Å²) in [6, 6.07) is 3.77. The van der Waals surface area contributed by atoms with Gasteiger partial charge in [0, 0.05) is 5.56 Å². The van der Waals surface area contributed by atoms with E-state index in [1.807, 2.05) is 0 Å². The van der Waals surface area contributed by atoms with Crippen LogP contribution in [0.1, 0.15) is 22.8 Å². The van der Waals surface area contributed by atoms with Crippen molar-refractivity contribution >= 4 is 5.97 Å². The first kappa shape index (κ1) is 14.3. The fourth-order valence-electron chi connectivity index (χ4n) is 1.45. The summed E-state index contributed by atoms with van der Waals surface area (Å²) >= 11 is 0. The van der Waals surface area contributed by atoms with Crippen LogP contribution < -0.4 is 4.74 Å². The molecule has 0 aromatic heterocycles. The molecule has 1 rings (SSSR count). The third-order valence-electron chi connectivity index (χ3n) is 2.18. The van der Waals surface area contributed by atoms with Crippen molar-refractivity contribution in [2.45, 2.75) is 19.5 Å². The van der Waals surface area contributed by atoms with Gasteiger partial charge in [-0.3, -0.25) is 0 Å². The monoisotopic (exact) mass is 262 g/mol. The van der Waals surface area contributed by atoms with E-state index in [9.17, 15) is 18.0 Å². The fraction of sp³-hybridized carbons (Fsp3) is 0.417. The molecule has 0 atom stereocenters. The van der Waals surface area contributed by atoms with Crippen LogP contribution in [-0.2, 0) is 11.2 Å². The topological polar surface area (TPSA) is 35.5 Å². The number of methoxy groups -OCH3 is 1. The summed E-state index contributed by atoms with van der Waals surface area (Å²) in [5.74, 6) is -0.563. The quantitative estimate of drug-likeness (QED) is 0.782. The molecule has 0 N–H and O–H groups in total. The summed E-state index contributed by atoms with van der Waals surface area (Å²) in [7, 11) is 1.20. The number of halogens is 3. The van der Waals surface area contributed by atoms with E-state index in [1.165, 1.54) is 25.3 Å². The number of hydrogen-bond acceptors (Lipinski definition) is 3. The summed E-state index contributed by atoms with van der Waals surface area (Å²) in [6.07, 6.45) is -5.41. The van der Waals surface area contributed by atoms with Crippen LogP contribution in [0.5, 0.6) is 5.75 Å². The highest BCUT2D eigenvalue weighted by Gasteiger charge is 2.29. The van der Waals surface area contributed by atoms with Crippen LogP contribution >= 0.6 is 0 Å². The molecule has 0 saturated heterocycles. The van der Waals surface area contributed by atoms with Crippen molar-refractivity contribution in [3.8, 4) is 5.75 Å². The third kappa shape index (κ3) is 3.94. The predicted molar refractivity (Wildman–Crippen MR) is 58.7 cm³/mol. The average Bonchev–Trinajstić information content (AvgIpc) is 2.29. The van der Waals surface area contributed by atoms with Crippen LogP contribution in [0.15, 0.2) is 18.2 Å². The van der Waals surface area contributed by atoms with E-state index in [4.69, 9.17) is 4.74 Å². The predicted octanol–water partition coefficient (Wildman–Crippen LogP) is 2.98. The second kappa shape index (κ2) is 5.75. The summed E-state index contributed by atoms with van der Waals surface area (Å²) in [4.78, 5) is 11.3. The molecule has 0 amide bonds. The Morgan fingerprint density at radius 1 is 1.33 bits per heavy atom. The maximum Gasteiger partial charge on any atom is 0.393 e. The van der Waals surface area contributed by atoms with Crippen LogP contribution in [0.25, 0.3) is 0 Å². The number of carbonyl (C=O) groups is 1. The van der Waals surface area contributed by atoms with Crippen molar-refractivity contribution in [3.05, 3.63) is 29.3 Å². The van der Waals surface area contributed by atoms with Crippen LogP contribution in [-0.4, -0.2) is 25.9 Å². The Kier molecular flexibility index (Phi) is 4.58. The molecular weight excluding hydrogens is 249 g/mol. The van der Waals surface area contributed by atoms with Crippen LogP contribution in [0.3, 0.4) is 0 Å². The molecule has 0 aliphatic carbocycles. The van der Waals surface area contributed by atoms with Gasteiger partial charge in [0.15, 0.2) is 0 Å². The van der Waals surface area contributed by atoms with Gasteiger partial charge in [-0.2, -0.15) is 13.2 Å². The molecule has 0 fully saturated rings. The van der Waals surface area contributed by atoms with E-state index >= 15 is 0 Å². The minimum atomic E-state index is -4.32. The van der Waals surface area contributed by atoms with Gasteiger partial charge < -0.3 is 9.47 Å². The lowest BCUT2D eigenvalue weighted by atomic mass is 10.1. The molecular formula is C12H13F3O3. The molecule has 1 aromatic carbocycles. The number of benzene rings is 1. The third-order valence-corrected chi connectivity index (χ3v) is 2.18. The van der Waals surface area contributed by atoms with Crippen molar-refractivity contribution in [2.24, 2.45) is 0 Å². The second-order valence-electron chi connectivity index (χ2n) is 3.54. The summed E-state index contributed by atoms with van der Waals surface area (Å²) < 4.78 is 46.6. The lowest BCUT2D eigenvalue weighted by Gasteiger charge is -2.13. The molecule has 0 aliphatic rings. The molecule has 0 bridgehead atoms. The first-order chi connectivity index (χ1) is 8.37. The van der Waals surface area contributed by atoms with Gasteiger partial charge in [0.2, 0.25) is 0 Å². The zero-order valence-corrected chi connectivity index (χ0v) is 10.0. The van der Waals surface area contributed by atoms with Crippen molar-refractivity contribution in [1.82, 2.24) is 0 Å². The zero-order chi connectivity index (χ0) is 13.8. The minimum Gasteiger partial charge on any atom is -0.494 e. The number of ether oxygens (including phenoxy) is 2. The van der Waals surface area contributed by atoms with E-state index in [0.29, 0.717) is 0 Å². The van der Waals surface area contributed by atoms with Gasteiger partial charge >= 0.3 is 12.1 Å². The molecule has 0 unspecified atom stereocenters. The number of rotatable bonds is 4. The Hall–Kier alpha value is -1.72. The SMILES string of the molecule is CCOc1cc(C(=O)OC)ccc1CC(F)(F)F. The molecule has 6 heteroatoms. The largest absolute Gasteiger partial charge is 0.494 e. The highest BCUT2D eigenvalue weighted by molar-refractivity contribution is 5.89. The van der Waals surface area contributed by atoms with Gasteiger partial charge in [0.1, 0.15) is 5.75 Å². The molecule has 0 saturated carbocycles. The van der Waals surface area contributed by atoms with Gasteiger partial charge in [-0.15, -0.1) is 0 Å². The first-order valence-corrected chi connectivity index (χ1v) is 5.28. The maximum atomic E-state index is 12.3.